The van der Waals surface area contributed by atoms with Gasteiger partial charge >= 0.3 is 5.97 Å². The predicted octanol–water partition coefficient (Wildman–Crippen LogP) is 1.21. The maximum atomic E-state index is 12.0. The van der Waals surface area contributed by atoms with Crippen LogP contribution < -0.4 is 5.56 Å². The van der Waals surface area contributed by atoms with Crippen LogP contribution in [0.3, 0.4) is 0 Å². The summed E-state index contributed by atoms with van der Waals surface area (Å²) in [5.74, 6) is -0.290. The van der Waals surface area contributed by atoms with Gasteiger partial charge in [-0.25, -0.2) is 4.98 Å². The zero-order valence-corrected chi connectivity index (χ0v) is 11.6. The highest BCUT2D eigenvalue weighted by Gasteiger charge is 2.17. The Morgan fingerprint density at radius 2 is 2.30 bits per heavy atom. The number of hydrogen-bond donors (Lipinski definition) is 2. The van der Waals surface area contributed by atoms with Gasteiger partial charge in [-0.2, -0.15) is 0 Å². The highest BCUT2D eigenvalue weighted by atomic mass is 16.5. The molecule has 1 unspecified atom stereocenters. The van der Waals surface area contributed by atoms with Crippen LogP contribution in [0.4, 0.5) is 0 Å². The van der Waals surface area contributed by atoms with E-state index in [1.807, 2.05) is 0 Å². The van der Waals surface area contributed by atoms with Crippen molar-refractivity contribution < 1.29 is 14.6 Å². The Labute approximate surface area is 117 Å². The Bertz CT molecular complexity index is 532. The molecular formula is C14H20N2O4. The monoisotopic (exact) mass is 280 g/mol. The highest BCUT2D eigenvalue weighted by Crippen LogP contribution is 2.15. The fourth-order valence-corrected chi connectivity index (χ4v) is 2.48. The molecule has 6 nitrogen and oxygen atoms in total. The van der Waals surface area contributed by atoms with Crippen molar-refractivity contribution in [2.24, 2.45) is 0 Å². The zero-order chi connectivity index (χ0) is 14.5. The number of carbonyl (C=O) groups is 1. The average Bonchev–Trinajstić information content (AvgIpc) is 2.38. The number of ether oxygens (including phenoxy) is 1. The molecule has 0 bridgehead atoms. The van der Waals surface area contributed by atoms with E-state index in [-0.39, 0.29) is 24.5 Å². The number of carboxylic acids is 1. The highest BCUT2D eigenvalue weighted by molar-refractivity contribution is 5.67. The van der Waals surface area contributed by atoms with E-state index >= 15 is 0 Å². The second-order valence-corrected chi connectivity index (χ2v) is 5.16. The number of nitrogens with zero attached hydrogens (tertiary/aromatic N) is 1. The molecular weight excluding hydrogens is 260 g/mol. The molecule has 0 radical (unpaired) electrons. The largest absolute Gasteiger partial charge is 0.481 e. The molecule has 0 amide bonds. The summed E-state index contributed by atoms with van der Waals surface area (Å²) in [6.07, 6.45) is 4.10. The van der Waals surface area contributed by atoms with Gasteiger partial charge in [0.15, 0.2) is 0 Å². The van der Waals surface area contributed by atoms with Crippen LogP contribution in [0, 0.1) is 6.92 Å². The topological polar surface area (TPSA) is 92.3 Å². The lowest BCUT2D eigenvalue weighted by Gasteiger charge is -2.22. The smallest absolute Gasteiger partial charge is 0.303 e. The molecule has 2 rings (SSSR count). The Balaban J connectivity index is 2.08. The summed E-state index contributed by atoms with van der Waals surface area (Å²) in [6, 6.07) is 0. The maximum absolute atomic E-state index is 12.0. The Morgan fingerprint density at radius 1 is 1.50 bits per heavy atom. The first-order valence-corrected chi connectivity index (χ1v) is 6.98. The van der Waals surface area contributed by atoms with Crippen LogP contribution in [0.5, 0.6) is 0 Å². The minimum Gasteiger partial charge on any atom is -0.481 e. The van der Waals surface area contributed by atoms with Gasteiger partial charge < -0.3 is 14.8 Å². The fourth-order valence-electron chi connectivity index (χ4n) is 2.48. The molecule has 0 spiro atoms. The Kier molecular flexibility index (Phi) is 4.89. The molecule has 0 saturated carbocycles. The van der Waals surface area contributed by atoms with Gasteiger partial charge in [-0.1, -0.05) is 0 Å². The van der Waals surface area contributed by atoms with Crippen molar-refractivity contribution in [2.75, 3.05) is 6.61 Å². The number of hydrogen-bond acceptors (Lipinski definition) is 4. The van der Waals surface area contributed by atoms with Gasteiger partial charge in [-0.15, -0.1) is 0 Å². The summed E-state index contributed by atoms with van der Waals surface area (Å²) in [5.41, 5.74) is 0.839. The molecule has 1 aromatic rings. The molecule has 1 saturated heterocycles. The number of rotatable bonds is 5. The van der Waals surface area contributed by atoms with Gasteiger partial charge in [0, 0.05) is 30.7 Å². The minimum atomic E-state index is -0.913. The van der Waals surface area contributed by atoms with Crippen molar-refractivity contribution in [1.82, 2.24) is 9.97 Å². The number of aliphatic carboxylic acids is 1. The molecule has 0 aromatic carbocycles. The molecule has 6 heteroatoms. The summed E-state index contributed by atoms with van der Waals surface area (Å²) < 4.78 is 5.63. The normalized spacial score (nSPS) is 18.9. The Hall–Kier alpha value is -1.69. The van der Waals surface area contributed by atoms with Gasteiger partial charge in [-0.3, -0.25) is 9.59 Å². The number of aryl methyl sites for hydroxylation is 1. The SMILES string of the molecule is Cc1nc(CC2CCCCO2)[nH]c(=O)c1CCC(=O)O. The molecule has 1 fully saturated rings. The van der Waals surface area contributed by atoms with Crippen molar-refractivity contribution in [3.63, 3.8) is 0 Å². The first-order chi connectivity index (χ1) is 9.56. The lowest BCUT2D eigenvalue weighted by Crippen LogP contribution is -2.26. The first-order valence-electron chi connectivity index (χ1n) is 6.98. The second kappa shape index (κ2) is 6.65. The predicted molar refractivity (Wildman–Crippen MR) is 72.8 cm³/mol. The van der Waals surface area contributed by atoms with E-state index in [0.29, 0.717) is 23.5 Å². The van der Waals surface area contributed by atoms with Crippen LogP contribution in [0.1, 0.15) is 42.8 Å². The van der Waals surface area contributed by atoms with Crippen molar-refractivity contribution >= 4 is 5.97 Å². The number of H-pyrrole nitrogens is 1. The molecule has 1 aromatic heterocycles. The summed E-state index contributed by atoms with van der Waals surface area (Å²) in [5, 5.41) is 8.68. The van der Waals surface area contributed by atoms with Gasteiger partial charge in [0.05, 0.1) is 6.10 Å². The second-order valence-electron chi connectivity index (χ2n) is 5.16. The third-order valence-corrected chi connectivity index (χ3v) is 3.56. The van der Waals surface area contributed by atoms with Crippen LogP contribution in [0.15, 0.2) is 4.79 Å². The molecule has 1 atom stereocenters. The number of nitrogens with one attached hydrogen (secondary N) is 1. The lowest BCUT2D eigenvalue weighted by atomic mass is 10.1. The van der Waals surface area contributed by atoms with Crippen LogP contribution in [0.2, 0.25) is 0 Å². The first kappa shape index (κ1) is 14.7. The van der Waals surface area contributed by atoms with Crippen molar-refractivity contribution in [1.29, 1.82) is 0 Å². The standard InChI is InChI=1S/C14H20N2O4/c1-9-11(5-6-13(17)18)14(19)16-12(15-9)8-10-4-2-3-7-20-10/h10H,2-8H2,1H3,(H,17,18)(H,15,16,19). The lowest BCUT2D eigenvalue weighted by molar-refractivity contribution is -0.136. The third kappa shape index (κ3) is 3.90. The van der Waals surface area contributed by atoms with E-state index in [1.54, 1.807) is 6.92 Å². The average molecular weight is 280 g/mol. The quantitative estimate of drug-likeness (QED) is 0.845. The van der Waals surface area contributed by atoms with Crippen LogP contribution >= 0.6 is 0 Å². The maximum Gasteiger partial charge on any atom is 0.303 e. The number of aromatic nitrogens is 2. The molecule has 110 valence electrons. The molecule has 1 aliphatic rings. The number of carboxylic acid groups (broad SMARTS) is 1. The van der Waals surface area contributed by atoms with E-state index < -0.39 is 5.97 Å². The summed E-state index contributed by atoms with van der Waals surface area (Å²) in [6.45, 7) is 2.52. The molecule has 20 heavy (non-hydrogen) atoms. The molecule has 2 N–H and O–H groups in total. The number of aromatic amines is 1. The molecule has 2 heterocycles. The van der Waals surface area contributed by atoms with Gasteiger partial charge in [0.2, 0.25) is 0 Å². The van der Waals surface area contributed by atoms with Crippen molar-refractivity contribution in [3.8, 4) is 0 Å². The van der Waals surface area contributed by atoms with E-state index in [2.05, 4.69) is 9.97 Å². The van der Waals surface area contributed by atoms with E-state index in [1.165, 1.54) is 0 Å². The van der Waals surface area contributed by atoms with E-state index in [9.17, 15) is 9.59 Å². The summed E-state index contributed by atoms with van der Waals surface area (Å²) >= 11 is 0. The van der Waals surface area contributed by atoms with Crippen LogP contribution in [0.25, 0.3) is 0 Å². The van der Waals surface area contributed by atoms with E-state index in [0.717, 1.165) is 25.9 Å². The van der Waals surface area contributed by atoms with E-state index in [4.69, 9.17) is 9.84 Å². The van der Waals surface area contributed by atoms with Crippen LogP contribution in [-0.4, -0.2) is 33.8 Å². The zero-order valence-electron chi connectivity index (χ0n) is 11.6. The molecule has 0 aliphatic carbocycles. The minimum absolute atomic E-state index is 0.0588. The van der Waals surface area contributed by atoms with Gasteiger partial charge in [-0.05, 0) is 32.6 Å². The summed E-state index contributed by atoms with van der Waals surface area (Å²) in [4.78, 5) is 29.7. The van der Waals surface area contributed by atoms with Gasteiger partial charge in [0.1, 0.15) is 5.82 Å². The summed E-state index contributed by atoms with van der Waals surface area (Å²) in [7, 11) is 0. The third-order valence-electron chi connectivity index (χ3n) is 3.56. The Morgan fingerprint density at radius 3 is 2.90 bits per heavy atom. The van der Waals surface area contributed by atoms with Gasteiger partial charge in [0.25, 0.3) is 5.56 Å². The van der Waals surface area contributed by atoms with Crippen molar-refractivity contribution in [2.45, 2.75) is 51.6 Å². The van der Waals surface area contributed by atoms with Crippen LogP contribution in [-0.2, 0) is 22.4 Å². The molecule has 1 aliphatic heterocycles. The van der Waals surface area contributed by atoms with Crippen molar-refractivity contribution in [3.05, 3.63) is 27.4 Å². The fraction of sp³-hybridized carbons (Fsp3) is 0.643.